The summed E-state index contributed by atoms with van der Waals surface area (Å²) in [4.78, 5) is 16.3. The molecule has 24 heavy (non-hydrogen) atoms. The smallest absolute Gasteiger partial charge is 0.229 e. The molecule has 0 saturated carbocycles. The van der Waals surface area contributed by atoms with Crippen LogP contribution in [0, 0.1) is 0 Å². The average molecular weight is 318 g/mol. The summed E-state index contributed by atoms with van der Waals surface area (Å²) in [6.45, 7) is 0. The van der Waals surface area contributed by atoms with Gasteiger partial charge in [-0.3, -0.25) is 4.79 Å². The van der Waals surface area contributed by atoms with E-state index >= 15 is 0 Å². The zero-order valence-electron chi connectivity index (χ0n) is 13.4. The van der Waals surface area contributed by atoms with E-state index in [1.807, 2.05) is 42.5 Å². The van der Waals surface area contributed by atoms with Crippen molar-refractivity contribution >= 4 is 11.7 Å². The minimum atomic E-state index is -0.108. The van der Waals surface area contributed by atoms with Gasteiger partial charge in [0.15, 0.2) is 0 Å². The van der Waals surface area contributed by atoms with Gasteiger partial charge in [-0.15, -0.1) is 0 Å². The van der Waals surface area contributed by atoms with E-state index in [-0.39, 0.29) is 5.91 Å². The molecule has 2 aromatic carbocycles. The summed E-state index contributed by atoms with van der Waals surface area (Å²) in [5, 5.41) is 2.78. The highest BCUT2D eigenvalue weighted by molar-refractivity contribution is 5.91. The lowest BCUT2D eigenvalue weighted by atomic mass is 10.0. The van der Waals surface area contributed by atoms with Crippen molar-refractivity contribution < 1.29 is 9.53 Å². The molecule has 1 aromatic heterocycles. The van der Waals surface area contributed by atoms with Crippen LogP contribution in [0.25, 0.3) is 11.1 Å². The molecular weight excluding hydrogens is 300 g/mol. The molecule has 0 aliphatic rings. The molecule has 0 aliphatic carbocycles. The lowest BCUT2D eigenvalue weighted by molar-refractivity contribution is -0.115. The van der Waals surface area contributed by atoms with Crippen molar-refractivity contribution in [1.29, 1.82) is 0 Å². The van der Waals surface area contributed by atoms with Gasteiger partial charge in [0.05, 0.1) is 13.5 Å². The van der Waals surface area contributed by atoms with Gasteiger partial charge < -0.3 is 10.1 Å². The molecule has 3 aromatic rings. The second-order valence-corrected chi connectivity index (χ2v) is 5.37. The zero-order valence-corrected chi connectivity index (χ0v) is 13.4. The van der Waals surface area contributed by atoms with Crippen molar-refractivity contribution in [2.75, 3.05) is 12.4 Å². The largest absolute Gasteiger partial charge is 0.497 e. The van der Waals surface area contributed by atoms with E-state index in [1.165, 1.54) is 0 Å². The number of carbonyl (C=O) groups excluding carboxylic acids is 1. The predicted molar refractivity (Wildman–Crippen MR) is 95.0 cm³/mol. The van der Waals surface area contributed by atoms with Crippen LogP contribution in [-0.4, -0.2) is 18.0 Å². The van der Waals surface area contributed by atoms with E-state index in [4.69, 9.17) is 4.74 Å². The lowest BCUT2D eigenvalue weighted by Gasteiger charge is -2.07. The molecular formula is C20H18N2O2. The number of nitrogens with one attached hydrogen (secondary N) is 1. The van der Waals surface area contributed by atoms with E-state index in [9.17, 15) is 4.79 Å². The van der Waals surface area contributed by atoms with Gasteiger partial charge in [-0.05, 0) is 22.8 Å². The van der Waals surface area contributed by atoms with Crippen molar-refractivity contribution in [3.05, 3.63) is 78.5 Å². The van der Waals surface area contributed by atoms with Gasteiger partial charge >= 0.3 is 0 Å². The maximum absolute atomic E-state index is 12.1. The first-order valence-corrected chi connectivity index (χ1v) is 7.69. The van der Waals surface area contributed by atoms with Gasteiger partial charge in [0, 0.05) is 12.3 Å². The van der Waals surface area contributed by atoms with Gasteiger partial charge in [-0.2, -0.15) is 0 Å². The second-order valence-electron chi connectivity index (χ2n) is 5.37. The first-order valence-electron chi connectivity index (χ1n) is 7.69. The third kappa shape index (κ3) is 3.98. The summed E-state index contributed by atoms with van der Waals surface area (Å²) in [7, 11) is 1.58. The zero-order chi connectivity index (χ0) is 16.8. The van der Waals surface area contributed by atoms with Crippen LogP contribution in [-0.2, 0) is 11.2 Å². The molecule has 4 nitrogen and oxygen atoms in total. The fourth-order valence-corrected chi connectivity index (χ4v) is 2.42. The number of carbonyl (C=O) groups is 1. The van der Waals surface area contributed by atoms with E-state index in [1.54, 1.807) is 25.4 Å². The van der Waals surface area contributed by atoms with Crippen LogP contribution >= 0.6 is 0 Å². The van der Waals surface area contributed by atoms with Crippen LogP contribution in [0.3, 0.4) is 0 Å². The van der Waals surface area contributed by atoms with E-state index in [0.717, 1.165) is 16.7 Å². The number of methoxy groups -OCH3 is 1. The molecule has 0 aliphatic heterocycles. The molecule has 0 unspecified atom stereocenters. The van der Waals surface area contributed by atoms with Crippen molar-refractivity contribution in [2.45, 2.75) is 6.42 Å². The SMILES string of the molecule is COc1ccnc(NC(=O)Cc2ccc(-c3ccccc3)cc2)c1. The van der Waals surface area contributed by atoms with Crippen molar-refractivity contribution in [2.24, 2.45) is 0 Å². The minimum Gasteiger partial charge on any atom is -0.497 e. The summed E-state index contributed by atoms with van der Waals surface area (Å²) in [6, 6.07) is 21.6. The number of anilines is 1. The van der Waals surface area contributed by atoms with Crippen molar-refractivity contribution in [1.82, 2.24) is 4.98 Å². The molecule has 1 heterocycles. The molecule has 0 bridgehead atoms. The summed E-state index contributed by atoms with van der Waals surface area (Å²) in [5.74, 6) is 1.04. The number of nitrogens with zero attached hydrogens (tertiary/aromatic N) is 1. The Balaban J connectivity index is 1.64. The fourth-order valence-electron chi connectivity index (χ4n) is 2.42. The number of amides is 1. The Kier molecular flexibility index (Phi) is 4.87. The number of aromatic nitrogens is 1. The summed E-state index contributed by atoms with van der Waals surface area (Å²) in [6.07, 6.45) is 1.90. The first kappa shape index (κ1) is 15.7. The number of hydrogen-bond acceptors (Lipinski definition) is 3. The average Bonchev–Trinajstić information content (AvgIpc) is 2.63. The van der Waals surface area contributed by atoms with Crippen LogP contribution in [0.5, 0.6) is 5.75 Å². The monoisotopic (exact) mass is 318 g/mol. The molecule has 120 valence electrons. The molecule has 1 N–H and O–H groups in total. The van der Waals surface area contributed by atoms with Gasteiger partial charge in [0.25, 0.3) is 0 Å². The van der Waals surface area contributed by atoms with Crippen molar-refractivity contribution in [3.8, 4) is 16.9 Å². The van der Waals surface area contributed by atoms with Crippen LogP contribution in [0.15, 0.2) is 72.9 Å². The highest BCUT2D eigenvalue weighted by Crippen LogP contribution is 2.19. The molecule has 3 rings (SSSR count). The van der Waals surface area contributed by atoms with Crippen LogP contribution in [0.1, 0.15) is 5.56 Å². The Morgan fingerprint density at radius 1 is 1.00 bits per heavy atom. The molecule has 0 spiro atoms. The van der Waals surface area contributed by atoms with E-state index in [0.29, 0.717) is 18.0 Å². The van der Waals surface area contributed by atoms with E-state index < -0.39 is 0 Å². The topological polar surface area (TPSA) is 51.2 Å². The molecule has 0 fully saturated rings. The standard InChI is InChI=1S/C20H18N2O2/c1-24-18-11-12-21-19(14-18)22-20(23)13-15-7-9-17(10-8-15)16-5-3-2-4-6-16/h2-12,14H,13H2,1H3,(H,21,22,23). The Morgan fingerprint density at radius 2 is 1.71 bits per heavy atom. The Bertz CT molecular complexity index is 815. The predicted octanol–water partition coefficient (Wildman–Crippen LogP) is 3.94. The third-order valence-corrected chi connectivity index (χ3v) is 3.66. The summed E-state index contributed by atoms with van der Waals surface area (Å²) in [5.41, 5.74) is 3.25. The van der Waals surface area contributed by atoms with E-state index in [2.05, 4.69) is 22.4 Å². The number of benzene rings is 2. The molecule has 1 amide bonds. The minimum absolute atomic E-state index is 0.108. The Hall–Kier alpha value is -3.14. The van der Waals surface area contributed by atoms with Gasteiger partial charge in [-0.1, -0.05) is 54.6 Å². The molecule has 4 heteroatoms. The number of pyridine rings is 1. The van der Waals surface area contributed by atoms with Gasteiger partial charge in [-0.25, -0.2) is 4.98 Å². The van der Waals surface area contributed by atoms with Crippen LogP contribution in [0.2, 0.25) is 0 Å². The molecule has 0 radical (unpaired) electrons. The normalized spacial score (nSPS) is 10.2. The number of ether oxygens (including phenoxy) is 1. The second kappa shape index (κ2) is 7.42. The fraction of sp³-hybridized carbons (Fsp3) is 0.100. The Morgan fingerprint density at radius 3 is 2.42 bits per heavy atom. The highest BCUT2D eigenvalue weighted by Gasteiger charge is 2.06. The van der Waals surface area contributed by atoms with Crippen LogP contribution in [0.4, 0.5) is 5.82 Å². The molecule has 0 atom stereocenters. The highest BCUT2D eigenvalue weighted by atomic mass is 16.5. The first-order chi connectivity index (χ1) is 11.7. The quantitative estimate of drug-likeness (QED) is 0.775. The van der Waals surface area contributed by atoms with Crippen LogP contribution < -0.4 is 10.1 Å². The van der Waals surface area contributed by atoms with Crippen molar-refractivity contribution in [3.63, 3.8) is 0 Å². The maximum atomic E-state index is 12.1. The molecule has 0 saturated heterocycles. The number of hydrogen-bond donors (Lipinski definition) is 1. The summed E-state index contributed by atoms with van der Waals surface area (Å²) >= 11 is 0. The third-order valence-electron chi connectivity index (χ3n) is 3.66. The maximum Gasteiger partial charge on any atom is 0.229 e. The van der Waals surface area contributed by atoms with Gasteiger partial charge in [0.2, 0.25) is 5.91 Å². The Labute approximate surface area is 141 Å². The lowest BCUT2D eigenvalue weighted by Crippen LogP contribution is -2.15. The number of rotatable bonds is 5. The van der Waals surface area contributed by atoms with Gasteiger partial charge in [0.1, 0.15) is 11.6 Å². The summed E-state index contributed by atoms with van der Waals surface area (Å²) < 4.78 is 5.12.